The Kier molecular flexibility index (Phi) is 4.57. The van der Waals surface area contributed by atoms with Crippen molar-refractivity contribution in [3.05, 3.63) is 65.9 Å². The number of rotatable bonds is 4. The lowest BCUT2D eigenvalue weighted by Gasteiger charge is -2.06. The van der Waals surface area contributed by atoms with Crippen LogP contribution in [0.15, 0.2) is 54.6 Å². The maximum atomic E-state index is 11.2. The van der Waals surface area contributed by atoms with Crippen LogP contribution in [-0.4, -0.2) is 18.1 Å². The van der Waals surface area contributed by atoms with E-state index in [1.54, 1.807) is 13.2 Å². The van der Waals surface area contributed by atoms with E-state index >= 15 is 0 Å². The molecule has 0 saturated carbocycles. The molecule has 0 aliphatic rings. The second kappa shape index (κ2) is 6.96. The Labute approximate surface area is 140 Å². The Morgan fingerprint density at radius 1 is 0.958 bits per heavy atom. The van der Waals surface area contributed by atoms with Crippen molar-refractivity contribution in [2.45, 2.75) is 6.92 Å². The van der Waals surface area contributed by atoms with Gasteiger partial charge in [0.25, 0.3) is 0 Å². The minimum atomic E-state index is -0.362. The van der Waals surface area contributed by atoms with Crippen LogP contribution in [0.5, 0.6) is 11.5 Å². The number of benzene rings is 2. The minimum absolute atomic E-state index is 0.362. The first-order valence-corrected chi connectivity index (χ1v) is 7.56. The smallest absolute Gasteiger partial charge is 0.308 e. The second-order valence-corrected chi connectivity index (χ2v) is 5.23. The summed E-state index contributed by atoms with van der Waals surface area (Å²) in [5, 5.41) is 0.920. The van der Waals surface area contributed by atoms with Crippen molar-refractivity contribution in [3.63, 3.8) is 0 Å². The molecule has 0 aliphatic heterocycles. The molecule has 24 heavy (non-hydrogen) atoms. The van der Waals surface area contributed by atoms with Crippen molar-refractivity contribution in [2.75, 3.05) is 7.11 Å². The molecule has 0 aliphatic carbocycles. The molecule has 0 saturated heterocycles. The molecule has 0 fully saturated rings. The summed E-state index contributed by atoms with van der Waals surface area (Å²) < 4.78 is 10.6. The molecule has 0 amide bonds. The summed E-state index contributed by atoms with van der Waals surface area (Å²) in [5.41, 5.74) is 2.40. The molecule has 4 nitrogen and oxygen atoms in total. The maximum Gasteiger partial charge on any atom is 0.308 e. The molecule has 0 atom stereocenters. The van der Waals surface area contributed by atoms with Crippen LogP contribution in [0.2, 0.25) is 0 Å². The van der Waals surface area contributed by atoms with E-state index in [0.29, 0.717) is 11.3 Å². The van der Waals surface area contributed by atoms with E-state index in [1.165, 1.54) is 6.92 Å². The number of para-hydroxylation sites is 2. The van der Waals surface area contributed by atoms with Gasteiger partial charge in [0.1, 0.15) is 11.3 Å². The fourth-order valence-electron chi connectivity index (χ4n) is 2.44. The first kappa shape index (κ1) is 15.7. The molecule has 2 aromatic carbocycles. The molecule has 0 bridgehead atoms. The number of hydrogen-bond donors (Lipinski definition) is 0. The topological polar surface area (TPSA) is 48.4 Å². The van der Waals surface area contributed by atoms with Crippen LogP contribution < -0.4 is 9.47 Å². The number of pyridine rings is 1. The summed E-state index contributed by atoms with van der Waals surface area (Å²) in [6.45, 7) is 1.38. The Hall–Kier alpha value is -3.14. The zero-order valence-corrected chi connectivity index (χ0v) is 13.5. The van der Waals surface area contributed by atoms with E-state index in [1.807, 2.05) is 60.7 Å². The Balaban J connectivity index is 1.98. The molecular formula is C20H17NO3. The number of carbonyl (C=O) groups excluding carboxylic acids is 1. The van der Waals surface area contributed by atoms with Gasteiger partial charge in [-0.2, -0.15) is 0 Å². The summed E-state index contributed by atoms with van der Waals surface area (Å²) in [6, 6.07) is 17.2. The van der Waals surface area contributed by atoms with E-state index < -0.39 is 0 Å². The van der Waals surface area contributed by atoms with Crippen molar-refractivity contribution in [1.29, 1.82) is 0 Å². The maximum absolute atomic E-state index is 11.2. The zero-order valence-electron chi connectivity index (χ0n) is 13.5. The highest BCUT2D eigenvalue weighted by molar-refractivity contribution is 5.88. The van der Waals surface area contributed by atoms with Crippen LogP contribution in [-0.2, 0) is 4.79 Å². The van der Waals surface area contributed by atoms with Crippen molar-refractivity contribution >= 4 is 29.0 Å². The number of nitrogens with zero attached hydrogens (tertiary/aromatic N) is 1. The summed E-state index contributed by atoms with van der Waals surface area (Å²) in [7, 11) is 1.65. The zero-order chi connectivity index (χ0) is 16.9. The third-order valence-corrected chi connectivity index (χ3v) is 3.53. The van der Waals surface area contributed by atoms with Crippen molar-refractivity contribution < 1.29 is 14.3 Å². The normalized spacial score (nSPS) is 10.9. The van der Waals surface area contributed by atoms with Gasteiger partial charge in [-0.3, -0.25) is 4.79 Å². The van der Waals surface area contributed by atoms with Gasteiger partial charge in [0.05, 0.1) is 12.8 Å². The summed E-state index contributed by atoms with van der Waals surface area (Å²) in [5.74, 6) is 0.905. The van der Waals surface area contributed by atoms with Gasteiger partial charge in [0, 0.05) is 17.9 Å². The SMILES string of the molecule is COc1ccccc1/C=C/c1ccc2cccc(OC(C)=O)c2n1. The molecule has 1 aromatic heterocycles. The van der Waals surface area contributed by atoms with Crippen LogP contribution in [0.3, 0.4) is 0 Å². The molecule has 3 rings (SSSR count). The van der Waals surface area contributed by atoms with Crippen molar-refractivity contribution in [3.8, 4) is 11.5 Å². The fraction of sp³-hybridized carbons (Fsp3) is 0.100. The highest BCUT2D eigenvalue weighted by Crippen LogP contribution is 2.25. The molecule has 3 aromatic rings. The van der Waals surface area contributed by atoms with Gasteiger partial charge < -0.3 is 9.47 Å². The summed E-state index contributed by atoms with van der Waals surface area (Å²) in [4.78, 5) is 15.8. The number of esters is 1. The third-order valence-electron chi connectivity index (χ3n) is 3.53. The highest BCUT2D eigenvalue weighted by atomic mass is 16.5. The predicted molar refractivity (Wildman–Crippen MR) is 95.0 cm³/mol. The Morgan fingerprint density at radius 2 is 1.75 bits per heavy atom. The third kappa shape index (κ3) is 3.43. The van der Waals surface area contributed by atoms with Crippen LogP contribution >= 0.6 is 0 Å². The van der Waals surface area contributed by atoms with Gasteiger partial charge in [-0.25, -0.2) is 4.98 Å². The Bertz CT molecular complexity index is 916. The van der Waals surface area contributed by atoms with Crippen LogP contribution in [0, 0.1) is 0 Å². The van der Waals surface area contributed by atoms with E-state index in [9.17, 15) is 4.79 Å². The predicted octanol–water partition coefficient (Wildman–Crippen LogP) is 4.34. The molecule has 0 unspecified atom stereocenters. The molecule has 0 N–H and O–H groups in total. The average molecular weight is 319 g/mol. The van der Waals surface area contributed by atoms with Gasteiger partial charge in [0.2, 0.25) is 0 Å². The number of fused-ring (bicyclic) bond motifs is 1. The number of methoxy groups -OCH3 is 1. The number of ether oxygens (including phenoxy) is 2. The first-order chi connectivity index (χ1) is 11.7. The van der Waals surface area contributed by atoms with E-state index in [0.717, 1.165) is 22.4 Å². The highest BCUT2D eigenvalue weighted by Gasteiger charge is 2.06. The first-order valence-electron chi connectivity index (χ1n) is 7.56. The molecule has 1 heterocycles. The Morgan fingerprint density at radius 3 is 2.54 bits per heavy atom. The molecule has 0 radical (unpaired) electrons. The lowest BCUT2D eigenvalue weighted by Crippen LogP contribution is -2.02. The fourth-order valence-corrected chi connectivity index (χ4v) is 2.44. The molecule has 0 spiro atoms. The standard InChI is InChI=1S/C20H17NO3/c1-14(22)24-19-9-5-7-16-11-13-17(21-20(16)19)12-10-15-6-3-4-8-18(15)23-2/h3-13H,1-2H3/b12-10+. The largest absolute Gasteiger partial charge is 0.496 e. The number of hydrogen-bond acceptors (Lipinski definition) is 4. The number of aromatic nitrogens is 1. The molecular weight excluding hydrogens is 302 g/mol. The lowest BCUT2D eigenvalue weighted by molar-refractivity contribution is -0.131. The number of carbonyl (C=O) groups is 1. The van der Waals surface area contributed by atoms with E-state index in [4.69, 9.17) is 9.47 Å². The average Bonchev–Trinajstić information content (AvgIpc) is 2.60. The second-order valence-electron chi connectivity index (χ2n) is 5.23. The van der Waals surface area contributed by atoms with Gasteiger partial charge in [-0.15, -0.1) is 0 Å². The van der Waals surface area contributed by atoms with Crippen LogP contribution in [0.25, 0.3) is 23.1 Å². The minimum Gasteiger partial charge on any atom is -0.496 e. The van der Waals surface area contributed by atoms with Crippen LogP contribution in [0.1, 0.15) is 18.2 Å². The van der Waals surface area contributed by atoms with Crippen LogP contribution in [0.4, 0.5) is 0 Å². The monoisotopic (exact) mass is 319 g/mol. The molecule has 4 heteroatoms. The van der Waals surface area contributed by atoms with Crippen molar-refractivity contribution in [1.82, 2.24) is 4.98 Å². The van der Waals surface area contributed by atoms with Gasteiger partial charge in [0.15, 0.2) is 5.75 Å². The van der Waals surface area contributed by atoms with E-state index in [2.05, 4.69) is 4.98 Å². The van der Waals surface area contributed by atoms with Crippen molar-refractivity contribution in [2.24, 2.45) is 0 Å². The summed E-state index contributed by atoms with van der Waals surface area (Å²) >= 11 is 0. The molecule has 120 valence electrons. The van der Waals surface area contributed by atoms with Gasteiger partial charge >= 0.3 is 5.97 Å². The quantitative estimate of drug-likeness (QED) is 0.530. The lowest BCUT2D eigenvalue weighted by atomic mass is 10.1. The van der Waals surface area contributed by atoms with Gasteiger partial charge in [-0.1, -0.05) is 36.4 Å². The van der Waals surface area contributed by atoms with Gasteiger partial charge in [-0.05, 0) is 30.4 Å². The van der Waals surface area contributed by atoms with E-state index in [-0.39, 0.29) is 5.97 Å². The summed E-state index contributed by atoms with van der Waals surface area (Å²) in [6.07, 6.45) is 3.85.